The fourth-order valence-electron chi connectivity index (χ4n) is 1.61. The lowest BCUT2D eigenvalue weighted by Crippen LogP contribution is -2.28. The van der Waals surface area contributed by atoms with Crippen molar-refractivity contribution in [3.05, 3.63) is 33.9 Å². The van der Waals surface area contributed by atoms with Crippen LogP contribution in [0, 0.1) is 10.1 Å². The van der Waals surface area contributed by atoms with Gasteiger partial charge in [0, 0.05) is 30.8 Å². The standard InChI is InChI=1S/C13H19N3O4/c1-3-14-8-10-7-11(16(18)19)5-6-12(10)20-9-13(17)15-4-2/h5-7,14H,3-4,8-9H2,1-2H3,(H,15,17). The number of hydrogen-bond donors (Lipinski definition) is 2. The van der Waals surface area contributed by atoms with Gasteiger partial charge in [0.15, 0.2) is 6.61 Å². The van der Waals surface area contributed by atoms with Gasteiger partial charge in [-0.1, -0.05) is 6.92 Å². The van der Waals surface area contributed by atoms with Gasteiger partial charge in [0.1, 0.15) is 5.75 Å². The number of ether oxygens (including phenoxy) is 1. The Morgan fingerprint density at radius 3 is 2.70 bits per heavy atom. The third-order valence-corrected chi connectivity index (χ3v) is 2.55. The van der Waals surface area contributed by atoms with Crippen LogP contribution in [0.1, 0.15) is 19.4 Å². The van der Waals surface area contributed by atoms with Crippen molar-refractivity contribution in [3.63, 3.8) is 0 Å². The number of likely N-dealkylation sites (N-methyl/N-ethyl adjacent to an activating group) is 1. The van der Waals surface area contributed by atoms with E-state index < -0.39 is 4.92 Å². The molecule has 110 valence electrons. The highest BCUT2D eigenvalue weighted by Crippen LogP contribution is 2.24. The number of nitro benzene ring substituents is 1. The van der Waals surface area contributed by atoms with Crippen LogP contribution in [0.25, 0.3) is 0 Å². The van der Waals surface area contributed by atoms with Gasteiger partial charge in [-0.05, 0) is 19.5 Å². The van der Waals surface area contributed by atoms with E-state index in [1.807, 2.05) is 13.8 Å². The van der Waals surface area contributed by atoms with Gasteiger partial charge < -0.3 is 15.4 Å². The summed E-state index contributed by atoms with van der Waals surface area (Å²) in [7, 11) is 0. The molecule has 0 aromatic heterocycles. The maximum Gasteiger partial charge on any atom is 0.270 e. The van der Waals surface area contributed by atoms with Crippen molar-refractivity contribution in [2.24, 2.45) is 0 Å². The molecule has 0 fully saturated rings. The summed E-state index contributed by atoms with van der Waals surface area (Å²) in [5, 5.41) is 16.5. The second-order valence-corrected chi connectivity index (χ2v) is 4.07. The molecule has 1 aromatic rings. The summed E-state index contributed by atoms with van der Waals surface area (Å²) in [5.41, 5.74) is 0.661. The van der Waals surface area contributed by atoms with Crippen LogP contribution in [0.3, 0.4) is 0 Å². The van der Waals surface area contributed by atoms with E-state index in [1.54, 1.807) is 0 Å². The molecule has 7 heteroatoms. The molecule has 0 heterocycles. The van der Waals surface area contributed by atoms with Crippen LogP contribution in [-0.2, 0) is 11.3 Å². The van der Waals surface area contributed by atoms with E-state index in [-0.39, 0.29) is 18.2 Å². The first-order valence-corrected chi connectivity index (χ1v) is 6.46. The molecule has 0 aliphatic carbocycles. The highest BCUT2D eigenvalue weighted by molar-refractivity contribution is 5.77. The van der Waals surface area contributed by atoms with Crippen molar-refractivity contribution in [3.8, 4) is 5.75 Å². The molecule has 1 amide bonds. The molecule has 2 N–H and O–H groups in total. The second kappa shape index (κ2) is 8.11. The largest absolute Gasteiger partial charge is 0.483 e. The van der Waals surface area contributed by atoms with Gasteiger partial charge in [-0.15, -0.1) is 0 Å². The van der Waals surface area contributed by atoms with E-state index in [1.165, 1.54) is 18.2 Å². The predicted octanol–water partition coefficient (Wildman–Crippen LogP) is 1.22. The molecule has 1 rings (SSSR count). The average Bonchev–Trinajstić information content (AvgIpc) is 2.43. The highest BCUT2D eigenvalue weighted by atomic mass is 16.6. The quantitative estimate of drug-likeness (QED) is 0.552. The van der Waals surface area contributed by atoms with Gasteiger partial charge >= 0.3 is 0 Å². The molecule has 0 saturated carbocycles. The number of nitro groups is 1. The molecule has 7 nitrogen and oxygen atoms in total. The molecular weight excluding hydrogens is 262 g/mol. The number of rotatable bonds is 8. The number of carbonyl (C=O) groups excluding carboxylic acids is 1. The van der Waals surface area contributed by atoms with Crippen molar-refractivity contribution >= 4 is 11.6 Å². The monoisotopic (exact) mass is 281 g/mol. The van der Waals surface area contributed by atoms with Crippen LogP contribution in [0.4, 0.5) is 5.69 Å². The molecule has 1 aromatic carbocycles. The van der Waals surface area contributed by atoms with Crippen molar-refractivity contribution < 1.29 is 14.5 Å². The number of nitrogens with one attached hydrogen (secondary N) is 2. The van der Waals surface area contributed by atoms with Crippen LogP contribution in [0.15, 0.2) is 18.2 Å². The van der Waals surface area contributed by atoms with Gasteiger partial charge in [-0.25, -0.2) is 0 Å². The van der Waals surface area contributed by atoms with E-state index in [2.05, 4.69) is 10.6 Å². The zero-order chi connectivity index (χ0) is 15.0. The van der Waals surface area contributed by atoms with Crippen LogP contribution < -0.4 is 15.4 Å². The lowest BCUT2D eigenvalue weighted by molar-refractivity contribution is -0.384. The number of nitrogens with zero attached hydrogens (tertiary/aromatic N) is 1. The molecule has 0 bridgehead atoms. The number of non-ortho nitro benzene ring substituents is 1. The van der Waals surface area contributed by atoms with Crippen molar-refractivity contribution in [1.82, 2.24) is 10.6 Å². The number of amides is 1. The molecule has 20 heavy (non-hydrogen) atoms. The summed E-state index contributed by atoms with van der Waals surface area (Å²) < 4.78 is 5.41. The molecule has 0 radical (unpaired) electrons. The normalized spacial score (nSPS) is 10.1. The number of hydrogen-bond acceptors (Lipinski definition) is 5. The average molecular weight is 281 g/mol. The molecule has 0 aliphatic heterocycles. The fourth-order valence-corrected chi connectivity index (χ4v) is 1.61. The Hall–Kier alpha value is -2.15. The smallest absolute Gasteiger partial charge is 0.270 e. The zero-order valence-corrected chi connectivity index (χ0v) is 11.6. The minimum atomic E-state index is -0.455. The van der Waals surface area contributed by atoms with E-state index in [0.29, 0.717) is 24.4 Å². The zero-order valence-electron chi connectivity index (χ0n) is 11.6. The minimum Gasteiger partial charge on any atom is -0.483 e. The number of benzene rings is 1. The fraction of sp³-hybridized carbons (Fsp3) is 0.462. The maximum absolute atomic E-state index is 11.4. The van der Waals surface area contributed by atoms with Crippen molar-refractivity contribution in [2.75, 3.05) is 19.7 Å². The lowest BCUT2D eigenvalue weighted by atomic mass is 10.1. The first kappa shape index (κ1) is 15.9. The van der Waals surface area contributed by atoms with Crippen molar-refractivity contribution in [1.29, 1.82) is 0 Å². The summed E-state index contributed by atoms with van der Waals surface area (Å²) >= 11 is 0. The van der Waals surface area contributed by atoms with Crippen molar-refractivity contribution in [2.45, 2.75) is 20.4 Å². The highest BCUT2D eigenvalue weighted by Gasteiger charge is 2.12. The van der Waals surface area contributed by atoms with Gasteiger partial charge in [-0.2, -0.15) is 0 Å². The van der Waals surface area contributed by atoms with Gasteiger partial charge in [0.2, 0.25) is 0 Å². The molecule has 0 atom stereocenters. The summed E-state index contributed by atoms with van der Waals surface area (Å²) in [5.74, 6) is 0.253. The minimum absolute atomic E-state index is 0.00302. The van der Waals surface area contributed by atoms with Gasteiger partial charge in [-0.3, -0.25) is 14.9 Å². The Kier molecular flexibility index (Phi) is 6.45. The molecule has 0 aliphatic rings. The summed E-state index contributed by atoms with van der Waals surface area (Å²) in [6.07, 6.45) is 0. The van der Waals surface area contributed by atoms with Crippen LogP contribution in [-0.4, -0.2) is 30.5 Å². The summed E-state index contributed by atoms with van der Waals surface area (Å²) in [6, 6.07) is 4.34. The Bertz CT molecular complexity index is 477. The predicted molar refractivity (Wildman–Crippen MR) is 74.7 cm³/mol. The summed E-state index contributed by atoms with van der Waals surface area (Å²) in [6.45, 7) is 5.37. The first-order chi connectivity index (χ1) is 9.58. The molecular formula is C13H19N3O4. The van der Waals surface area contributed by atoms with Crippen LogP contribution >= 0.6 is 0 Å². The van der Waals surface area contributed by atoms with E-state index in [0.717, 1.165) is 6.54 Å². The molecule has 0 spiro atoms. The Labute approximate surface area is 117 Å². The van der Waals surface area contributed by atoms with E-state index in [4.69, 9.17) is 4.74 Å². The Morgan fingerprint density at radius 1 is 1.35 bits per heavy atom. The third-order valence-electron chi connectivity index (χ3n) is 2.55. The van der Waals surface area contributed by atoms with E-state index >= 15 is 0 Å². The lowest BCUT2D eigenvalue weighted by Gasteiger charge is -2.11. The first-order valence-electron chi connectivity index (χ1n) is 6.46. The van der Waals surface area contributed by atoms with Gasteiger partial charge in [0.25, 0.3) is 11.6 Å². The third kappa shape index (κ3) is 4.85. The van der Waals surface area contributed by atoms with Crippen LogP contribution in [0.5, 0.6) is 5.75 Å². The molecule has 0 saturated heterocycles. The summed E-state index contributed by atoms with van der Waals surface area (Å²) in [4.78, 5) is 21.7. The maximum atomic E-state index is 11.4. The van der Waals surface area contributed by atoms with E-state index in [9.17, 15) is 14.9 Å². The van der Waals surface area contributed by atoms with Crippen LogP contribution in [0.2, 0.25) is 0 Å². The topological polar surface area (TPSA) is 93.5 Å². The Morgan fingerprint density at radius 2 is 2.10 bits per heavy atom. The Balaban J connectivity index is 2.81. The second-order valence-electron chi connectivity index (χ2n) is 4.07. The van der Waals surface area contributed by atoms with Gasteiger partial charge in [0.05, 0.1) is 4.92 Å². The molecule has 0 unspecified atom stereocenters. The number of carbonyl (C=O) groups is 1. The SMILES string of the molecule is CCNCc1cc([N+](=O)[O-])ccc1OCC(=O)NCC.